The molecule has 11 nitrogen and oxygen atoms in total. The first-order chi connectivity index (χ1) is 16.8. The molecule has 11 heteroatoms. The Morgan fingerprint density at radius 3 is 2.49 bits per heavy atom. The van der Waals surface area contributed by atoms with Crippen LogP contribution in [0.15, 0.2) is 69.3 Å². The summed E-state index contributed by atoms with van der Waals surface area (Å²) in [7, 11) is 2.89. The summed E-state index contributed by atoms with van der Waals surface area (Å²) >= 11 is 0. The summed E-state index contributed by atoms with van der Waals surface area (Å²) in [6, 6.07) is 15.8. The molecule has 4 aromatic rings. The van der Waals surface area contributed by atoms with Crippen molar-refractivity contribution in [3.8, 4) is 11.5 Å². The highest BCUT2D eigenvalue weighted by Gasteiger charge is 2.21. The van der Waals surface area contributed by atoms with Crippen LogP contribution in [-0.2, 0) is 20.6 Å². The van der Waals surface area contributed by atoms with E-state index in [2.05, 4.69) is 15.5 Å². The number of hydrogen-bond acceptors (Lipinski definition) is 8. The molecule has 0 amide bonds. The van der Waals surface area contributed by atoms with Crippen molar-refractivity contribution in [2.75, 3.05) is 12.0 Å². The van der Waals surface area contributed by atoms with Gasteiger partial charge in [0.25, 0.3) is 5.56 Å². The van der Waals surface area contributed by atoms with Gasteiger partial charge >= 0.3 is 5.69 Å². The van der Waals surface area contributed by atoms with E-state index in [0.29, 0.717) is 17.0 Å². The lowest BCUT2D eigenvalue weighted by Crippen LogP contribution is -2.38. The number of aliphatic hydroxyl groups excluding tert-OH is 1. The van der Waals surface area contributed by atoms with Crippen LogP contribution in [0.1, 0.15) is 12.5 Å². The van der Waals surface area contributed by atoms with E-state index in [1.165, 1.54) is 23.2 Å². The van der Waals surface area contributed by atoms with Crippen LogP contribution in [0.5, 0.6) is 11.5 Å². The molecule has 0 aliphatic carbocycles. The largest absolute Gasteiger partial charge is 0.507 e. The van der Waals surface area contributed by atoms with Gasteiger partial charge < -0.3 is 19.5 Å². The molecular weight excluding hydrogens is 452 g/mol. The van der Waals surface area contributed by atoms with Gasteiger partial charge in [0.2, 0.25) is 5.95 Å². The Labute approximate surface area is 200 Å². The number of anilines is 1. The van der Waals surface area contributed by atoms with Crippen molar-refractivity contribution >= 4 is 22.8 Å². The Balaban J connectivity index is 1.71. The molecule has 4 rings (SSSR count). The maximum absolute atomic E-state index is 13.0. The van der Waals surface area contributed by atoms with E-state index in [4.69, 9.17) is 4.74 Å². The first-order valence-electron chi connectivity index (χ1n) is 10.9. The number of aryl methyl sites for hydroxylation is 1. The number of nitrogens with zero attached hydrogens (tertiary/aromatic N) is 5. The molecule has 1 atom stereocenters. The van der Waals surface area contributed by atoms with Crippen molar-refractivity contribution < 1.29 is 14.9 Å². The predicted octanol–water partition coefficient (Wildman–Crippen LogP) is 1.42. The van der Waals surface area contributed by atoms with E-state index in [-0.39, 0.29) is 36.0 Å². The minimum Gasteiger partial charge on any atom is -0.507 e. The lowest BCUT2D eigenvalue weighted by molar-refractivity contribution is 0.0938. The third-order valence-electron chi connectivity index (χ3n) is 5.54. The Morgan fingerprint density at radius 1 is 1.09 bits per heavy atom. The fourth-order valence-corrected chi connectivity index (χ4v) is 3.66. The standard InChI is InChI=1S/C24H26N6O5/c1-15(18-11-7-8-12-19(18)32)26-27-23-25-21-20(22(33)29(3)24(34)28(21)2)30(23)13-16(31)14-35-17-9-5-4-6-10-17/h4-12,16,31-32H,13-14H2,1-3H3,(H,25,27)/b26-15+. The van der Waals surface area contributed by atoms with Gasteiger partial charge in [0, 0.05) is 19.7 Å². The van der Waals surface area contributed by atoms with E-state index in [1.807, 2.05) is 18.2 Å². The normalized spacial score (nSPS) is 12.6. The minimum absolute atomic E-state index is 0.0324. The Morgan fingerprint density at radius 2 is 1.77 bits per heavy atom. The molecule has 2 heterocycles. The van der Waals surface area contributed by atoms with Gasteiger partial charge in [-0.2, -0.15) is 10.1 Å². The molecule has 2 aromatic carbocycles. The molecule has 2 aromatic heterocycles. The van der Waals surface area contributed by atoms with Crippen molar-refractivity contribution in [2.45, 2.75) is 19.6 Å². The second kappa shape index (κ2) is 9.85. The van der Waals surface area contributed by atoms with Gasteiger partial charge in [0.1, 0.15) is 24.2 Å². The molecule has 0 aliphatic heterocycles. The third kappa shape index (κ3) is 4.80. The summed E-state index contributed by atoms with van der Waals surface area (Å²) in [4.78, 5) is 29.8. The zero-order valence-corrected chi connectivity index (χ0v) is 19.5. The summed E-state index contributed by atoms with van der Waals surface area (Å²) in [5, 5.41) is 25.1. The molecule has 3 N–H and O–H groups in total. The number of imidazole rings is 1. The molecule has 182 valence electrons. The molecule has 0 aliphatic rings. The smallest absolute Gasteiger partial charge is 0.332 e. The zero-order chi connectivity index (χ0) is 25.1. The van der Waals surface area contributed by atoms with Gasteiger partial charge in [0.15, 0.2) is 11.2 Å². The molecular formula is C24H26N6O5. The fourth-order valence-electron chi connectivity index (χ4n) is 3.66. The second-order valence-corrected chi connectivity index (χ2v) is 8.03. The van der Waals surface area contributed by atoms with Crippen LogP contribution in [0.4, 0.5) is 5.95 Å². The lowest BCUT2D eigenvalue weighted by atomic mass is 10.1. The van der Waals surface area contributed by atoms with E-state index in [0.717, 1.165) is 4.57 Å². The van der Waals surface area contributed by atoms with Crippen LogP contribution in [0.3, 0.4) is 0 Å². The number of aliphatic hydroxyl groups is 1. The molecule has 0 saturated carbocycles. The Bertz CT molecular complexity index is 1500. The van der Waals surface area contributed by atoms with Gasteiger partial charge in [0.05, 0.1) is 12.3 Å². The number of nitrogens with one attached hydrogen (secondary N) is 1. The Kier molecular flexibility index (Phi) is 6.69. The highest BCUT2D eigenvalue weighted by Crippen LogP contribution is 2.19. The van der Waals surface area contributed by atoms with Crippen LogP contribution in [-0.4, -0.2) is 47.3 Å². The number of aromatic nitrogens is 4. The number of ether oxygens (including phenoxy) is 1. The van der Waals surface area contributed by atoms with Gasteiger partial charge in [-0.3, -0.25) is 13.9 Å². The van der Waals surface area contributed by atoms with Crippen molar-refractivity contribution in [1.82, 2.24) is 18.7 Å². The number of hydrogen-bond donors (Lipinski definition) is 3. The summed E-state index contributed by atoms with van der Waals surface area (Å²) in [5.41, 5.74) is 2.99. The molecule has 0 fully saturated rings. The molecule has 35 heavy (non-hydrogen) atoms. The van der Waals surface area contributed by atoms with Crippen molar-refractivity contribution in [3.05, 3.63) is 81.0 Å². The number of phenolic OH excluding ortho intramolecular Hbond substituents is 1. The predicted molar refractivity (Wildman–Crippen MR) is 132 cm³/mol. The summed E-state index contributed by atoms with van der Waals surface area (Å²) < 4.78 is 9.34. The first kappa shape index (κ1) is 23.8. The van der Waals surface area contributed by atoms with Crippen LogP contribution in [0.25, 0.3) is 11.2 Å². The van der Waals surface area contributed by atoms with Gasteiger partial charge in [-0.05, 0) is 31.2 Å². The quantitative estimate of drug-likeness (QED) is 0.257. The number of rotatable bonds is 8. The molecule has 0 spiro atoms. The number of hydrazone groups is 1. The van der Waals surface area contributed by atoms with E-state index >= 15 is 0 Å². The maximum Gasteiger partial charge on any atom is 0.332 e. The van der Waals surface area contributed by atoms with Crippen LogP contribution in [0, 0.1) is 0 Å². The number of phenols is 1. The number of fused-ring (bicyclic) bond motifs is 1. The van der Waals surface area contributed by atoms with Crippen molar-refractivity contribution in [3.63, 3.8) is 0 Å². The monoisotopic (exact) mass is 478 g/mol. The maximum atomic E-state index is 13.0. The first-order valence-corrected chi connectivity index (χ1v) is 10.9. The number of benzene rings is 2. The summed E-state index contributed by atoms with van der Waals surface area (Å²) in [6.07, 6.45) is -1.00. The second-order valence-electron chi connectivity index (χ2n) is 8.03. The van der Waals surface area contributed by atoms with Crippen molar-refractivity contribution in [2.24, 2.45) is 19.2 Å². The highest BCUT2D eigenvalue weighted by atomic mass is 16.5. The Hall–Kier alpha value is -4.38. The summed E-state index contributed by atoms with van der Waals surface area (Å²) in [5.74, 6) is 0.808. The molecule has 0 bridgehead atoms. The lowest BCUT2D eigenvalue weighted by Gasteiger charge is -2.15. The van der Waals surface area contributed by atoms with E-state index in [1.54, 1.807) is 43.3 Å². The van der Waals surface area contributed by atoms with Gasteiger partial charge in [-0.1, -0.05) is 30.3 Å². The van der Waals surface area contributed by atoms with Crippen LogP contribution < -0.4 is 21.4 Å². The molecule has 1 unspecified atom stereocenters. The SMILES string of the molecule is C/C(=N\Nc1nc2c(c(=O)n(C)c(=O)n2C)n1CC(O)COc1ccccc1)c1ccccc1O. The minimum atomic E-state index is -1.00. The average molecular weight is 479 g/mol. The topological polar surface area (TPSA) is 136 Å². The zero-order valence-electron chi connectivity index (χ0n) is 19.5. The molecule has 0 saturated heterocycles. The molecule has 0 radical (unpaired) electrons. The van der Waals surface area contributed by atoms with Crippen molar-refractivity contribution in [1.29, 1.82) is 0 Å². The van der Waals surface area contributed by atoms with Crippen LogP contribution in [0.2, 0.25) is 0 Å². The highest BCUT2D eigenvalue weighted by molar-refractivity contribution is 6.01. The van der Waals surface area contributed by atoms with Crippen LogP contribution >= 0.6 is 0 Å². The summed E-state index contributed by atoms with van der Waals surface area (Å²) in [6.45, 7) is 1.62. The van der Waals surface area contributed by atoms with Gasteiger partial charge in [-0.15, -0.1) is 0 Å². The van der Waals surface area contributed by atoms with E-state index in [9.17, 15) is 19.8 Å². The fraction of sp³-hybridized carbons (Fsp3) is 0.250. The number of aromatic hydroxyl groups is 1. The van der Waals surface area contributed by atoms with Gasteiger partial charge in [-0.25, -0.2) is 10.2 Å². The average Bonchev–Trinajstić information content (AvgIpc) is 3.22. The third-order valence-corrected chi connectivity index (χ3v) is 5.54. The number of para-hydroxylation sites is 2. The van der Waals surface area contributed by atoms with E-state index < -0.39 is 17.4 Å².